The molecule has 2 bridgehead atoms. The Morgan fingerprint density at radius 3 is 2.54 bits per heavy atom. The lowest BCUT2D eigenvalue weighted by Gasteiger charge is -2.32. The molecule has 138 valence electrons. The van der Waals surface area contributed by atoms with E-state index in [-0.39, 0.29) is 24.0 Å². The van der Waals surface area contributed by atoms with Crippen molar-refractivity contribution in [2.75, 3.05) is 19.6 Å². The molecule has 3 amide bonds. The smallest absolute Gasteiger partial charge is 0.412 e. The maximum absolute atomic E-state index is 12.4. The molecule has 3 fully saturated rings. The first-order valence-electron chi connectivity index (χ1n) is 7.63. The van der Waals surface area contributed by atoms with Gasteiger partial charge in [0.1, 0.15) is 6.04 Å². The minimum absolute atomic E-state index is 0. The normalized spacial score (nSPS) is 27.8. The van der Waals surface area contributed by atoms with Crippen molar-refractivity contribution in [3.05, 3.63) is 0 Å². The van der Waals surface area contributed by atoms with Crippen molar-refractivity contribution in [3.8, 4) is 0 Å². The average Bonchev–Trinajstić information content (AvgIpc) is 2.72. The molecule has 3 heterocycles. The summed E-state index contributed by atoms with van der Waals surface area (Å²) in [6, 6.07) is -1.74. The summed E-state index contributed by atoms with van der Waals surface area (Å²) in [5.41, 5.74) is 0. The molecule has 24 heavy (non-hydrogen) atoms. The number of nitrogens with zero attached hydrogens (tertiary/aromatic N) is 2. The van der Waals surface area contributed by atoms with Gasteiger partial charge in [0.05, 0.1) is 6.04 Å². The molecule has 0 saturated carbocycles. The van der Waals surface area contributed by atoms with Crippen LogP contribution in [0.15, 0.2) is 0 Å². The van der Waals surface area contributed by atoms with E-state index < -0.39 is 28.5 Å². The van der Waals surface area contributed by atoms with E-state index in [9.17, 15) is 18.0 Å². The van der Waals surface area contributed by atoms with Crippen molar-refractivity contribution < 1.29 is 32.3 Å². The lowest BCUT2D eigenvalue weighted by atomic mass is 9.99. The quantitative estimate of drug-likeness (QED) is 0.487. The number of urea groups is 1. The fourth-order valence-corrected chi connectivity index (χ4v) is 3.76. The summed E-state index contributed by atoms with van der Waals surface area (Å²) in [5.74, 6) is -0.225. The zero-order valence-electron chi connectivity index (χ0n) is 13.0. The van der Waals surface area contributed by atoms with E-state index in [1.165, 1.54) is 4.90 Å². The lowest BCUT2D eigenvalue weighted by molar-refractivity contribution is -0.127. The van der Waals surface area contributed by atoms with Crippen molar-refractivity contribution in [2.45, 2.75) is 43.8 Å². The van der Waals surface area contributed by atoms with E-state index in [1.807, 2.05) is 0 Å². The standard InChI is InChI=1S/C12H20N4O6S.H2O/c17-11(14-8-3-5-13-6-4-8)10-2-1-9-7-15(10)12(18)16(9)22-23(19,20)21;/h8-10,13H,1-7H2,(H,14,17)(H,19,20,21);1H2. The van der Waals surface area contributed by atoms with E-state index in [0.717, 1.165) is 25.9 Å². The molecule has 0 aromatic heterocycles. The zero-order valence-corrected chi connectivity index (χ0v) is 13.8. The number of hydrogen-bond acceptors (Lipinski definition) is 6. The van der Waals surface area contributed by atoms with Gasteiger partial charge in [-0.25, -0.2) is 4.79 Å². The summed E-state index contributed by atoms with van der Waals surface area (Å²) in [6.07, 6.45) is 2.54. The van der Waals surface area contributed by atoms with E-state index in [0.29, 0.717) is 17.9 Å². The van der Waals surface area contributed by atoms with Gasteiger partial charge in [0, 0.05) is 12.6 Å². The number of amides is 3. The summed E-state index contributed by atoms with van der Waals surface area (Å²) < 4.78 is 34.8. The van der Waals surface area contributed by atoms with Gasteiger partial charge in [-0.1, -0.05) is 0 Å². The summed E-state index contributed by atoms with van der Waals surface area (Å²) in [5, 5.41) is 6.81. The second-order valence-corrected chi connectivity index (χ2v) is 7.05. The Hall–Kier alpha value is -1.47. The highest BCUT2D eigenvalue weighted by molar-refractivity contribution is 7.80. The van der Waals surface area contributed by atoms with Crippen LogP contribution in [-0.2, 0) is 19.5 Å². The highest BCUT2D eigenvalue weighted by Crippen LogP contribution is 2.30. The average molecular weight is 366 g/mol. The first kappa shape index (κ1) is 18.9. The zero-order chi connectivity index (χ0) is 16.6. The molecule has 3 rings (SSSR count). The van der Waals surface area contributed by atoms with Crippen LogP contribution in [-0.4, -0.2) is 78.1 Å². The first-order chi connectivity index (χ1) is 10.8. The highest BCUT2D eigenvalue weighted by atomic mass is 32.3. The predicted octanol–water partition coefficient (Wildman–Crippen LogP) is -1.97. The Balaban J connectivity index is 0.00000208. The van der Waals surface area contributed by atoms with Gasteiger partial charge < -0.3 is 21.0 Å². The number of carbonyl (C=O) groups is 2. The van der Waals surface area contributed by atoms with E-state index >= 15 is 0 Å². The van der Waals surface area contributed by atoms with Gasteiger partial charge in [0.15, 0.2) is 0 Å². The lowest BCUT2D eigenvalue weighted by Crippen LogP contribution is -2.53. The number of nitrogens with one attached hydrogen (secondary N) is 2. The molecule has 5 N–H and O–H groups in total. The van der Waals surface area contributed by atoms with Crippen LogP contribution in [0.25, 0.3) is 0 Å². The van der Waals surface area contributed by atoms with Crippen LogP contribution in [0.4, 0.5) is 4.79 Å². The first-order valence-corrected chi connectivity index (χ1v) is 8.99. The van der Waals surface area contributed by atoms with E-state index in [4.69, 9.17) is 4.55 Å². The molecule has 0 aliphatic carbocycles. The molecule has 0 radical (unpaired) electrons. The van der Waals surface area contributed by atoms with Crippen LogP contribution in [0.5, 0.6) is 0 Å². The number of piperidine rings is 2. The Morgan fingerprint density at radius 1 is 1.25 bits per heavy atom. The largest absolute Gasteiger partial charge is 0.418 e. The number of hydrogen-bond donors (Lipinski definition) is 3. The molecular formula is C12H22N4O7S. The van der Waals surface area contributed by atoms with E-state index in [2.05, 4.69) is 14.9 Å². The van der Waals surface area contributed by atoms with Gasteiger partial charge in [0.2, 0.25) is 5.91 Å². The molecule has 0 aromatic carbocycles. The highest BCUT2D eigenvalue weighted by Gasteiger charge is 2.49. The molecular weight excluding hydrogens is 344 g/mol. The number of carbonyl (C=O) groups excluding carboxylic acids is 2. The maximum atomic E-state index is 12.4. The van der Waals surface area contributed by atoms with Crippen molar-refractivity contribution in [1.29, 1.82) is 0 Å². The topological polar surface area (TPSA) is 160 Å². The minimum atomic E-state index is -4.77. The molecule has 0 aromatic rings. The van der Waals surface area contributed by atoms with Gasteiger partial charge in [-0.3, -0.25) is 9.35 Å². The predicted molar refractivity (Wildman–Crippen MR) is 81.0 cm³/mol. The van der Waals surface area contributed by atoms with Crippen molar-refractivity contribution >= 4 is 22.3 Å². The van der Waals surface area contributed by atoms with Crippen LogP contribution in [0.3, 0.4) is 0 Å². The van der Waals surface area contributed by atoms with Gasteiger partial charge in [-0.2, -0.15) is 13.5 Å². The number of fused-ring (bicyclic) bond motifs is 2. The van der Waals surface area contributed by atoms with Crippen LogP contribution in [0.1, 0.15) is 25.7 Å². The molecule has 3 aliphatic heterocycles. The number of hydroxylamine groups is 2. The maximum Gasteiger partial charge on any atom is 0.418 e. The molecule has 0 spiro atoms. The molecule has 11 nitrogen and oxygen atoms in total. The third-order valence-corrected chi connectivity index (χ3v) is 4.83. The fraction of sp³-hybridized carbons (Fsp3) is 0.833. The Morgan fingerprint density at radius 2 is 1.92 bits per heavy atom. The summed E-state index contributed by atoms with van der Waals surface area (Å²) in [7, 11) is -4.77. The minimum Gasteiger partial charge on any atom is -0.412 e. The Bertz CT molecular complexity index is 592. The van der Waals surface area contributed by atoms with Crippen molar-refractivity contribution in [2.24, 2.45) is 0 Å². The van der Waals surface area contributed by atoms with Crippen LogP contribution in [0, 0.1) is 0 Å². The molecule has 3 aliphatic rings. The Labute approximate surface area is 139 Å². The van der Waals surface area contributed by atoms with Crippen LogP contribution in [0.2, 0.25) is 0 Å². The Kier molecular flexibility index (Phi) is 5.65. The van der Waals surface area contributed by atoms with E-state index in [1.54, 1.807) is 0 Å². The van der Waals surface area contributed by atoms with Crippen molar-refractivity contribution in [3.63, 3.8) is 0 Å². The van der Waals surface area contributed by atoms with Gasteiger partial charge in [-0.05, 0) is 38.8 Å². The SMILES string of the molecule is O.O=C(NC1CCNCC1)C1CCC2CN1C(=O)N2OS(=O)(=O)O. The van der Waals surface area contributed by atoms with Crippen LogP contribution < -0.4 is 10.6 Å². The summed E-state index contributed by atoms with van der Waals surface area (Å²) in [6.45, 7) is 1.89. The summed E-state index contributed by atoms with van der Waals surface area (Å²) in [4.78, 5) is 26.0. The second kappa shape index (κ2) is 7.19. The van der Waals surface area contributed by atoms with Gasteiger partial charge in [0.25, 0.3) is 0 Å². The third kappa shape index (κ3) is 3.95. The molecule has 12 heteroatoms. The number of rotatable bonds is 4. The van der Waals surface area contributed by atoms with Crippen LogP contribution >= 0.6 is 0 Å². The molecule has 2 atom stereocenters. The third-order valence-electron chi connectivity index (χ3n) is 4.49. The summed E-state index contributed by atoms with van der Waals surface area (Å²) >= 11 is 0. The molecule has 3 saturated heterocycles. The van der Waals surface area contributed by atoms with Crippen molar-refractivity contribution in [1.82, 2.24) is 20.6 Å². The van der Waals surface area contributed by atoms with Gasteiger partial charge in [-0.15, -0.1) is 4.28 Å². The molecule has 2 unspecified atom stereocenters. The monoisotopic (exact) mass is 366 g/mol. The van der Waals surface area contributed by atoms with Gasteiger partial charge >= 0.3 is 16.4 Å². The fourth-order valence-electron chi connectivity index (χ4n) is 3.37. The second-order valence-electron chi connectivity index (χ2n) is 6.04.